The Hall–Kier alpha value is -1.85. The number of carbonyl (C=O) groups excluding carboxylic acids is 2. The van der Waals surface area contributed by atoms with Gasteiger partial charge in [0.2, 0.25) is 0 Å². The molecule has 2 aliphatic rings. The van der Waals surface area contributed by atoms with Crippen molar-refractivity contribution in [1.82, 2.24) is 15.1 Å². The normalized spacial score (nSPS) is 26.9. The van der Waals surface area contributed by atoms with Crippen LogP contribution in [0.15, 0.2) is 6.07 Å². The summed E-state index contributed by atoms with van der Waals surface area (Å²) in [7, 11) is 0. The molecule has 2 unspecified atom stereocenters. The van der Waals surface area contributed by atoms with Crippen LogP contribution in [0.5, 0.6) is 0 Å². The Balaban J connectivity index is 1.59. The largest absolute Gasteiger partial charge is 0.466 e. The zero-order valence-electron chi connectivity index (χ0n) is 12.6. The zero-order chi connectivity index (χ0) is 15.1. The van der Waals surface area contributed by atoms with Crippen molar-refractivity contribution in [3.63, 3.8) is 0 Å². The number of nitrogens with zero attached hydrogens (tertiary/aromatic N) is 2. The number of aromatic nitrogens is 2. The van der Waals surface area contributed by atoms with Gasteiger partial charge in [0.15, 0.2) is 0 Å². The highest BCUT2D eigenvalue weighted by Crippen LogP contribution is 2.52. The molecule has 3 rings (SSSR count). The molecule has 6 heteroatoms. The Morgan fingerprint density at radius 3 is 2.62 bits per heavy atom. The third kappa shape index (κ3) is 2.43. The van der Waals surface area contributed by atoms with Crippen LogP contribution >= 0.6 is 0 Å². The number of hydrogen-bond acceptors (Lipinski definition) is 4. The number of ether oxygens (including phenoxy) is 1. The molecule has 2 heterocycles. The van der Waals surface area contributed by atoms with E-state index in [2.05, 4.69) is 24.0 Å². The molecular weight excluding hydrogens is 270 g/mol. The molecule has 1 aliphatic carbocycles. The summed E-state index contributed by atoms with van der Waals surface area (Å²) in [6.45, 7) is 7.61. The van der Waals surface area contributed by atoms with Gasteiger partial charge in [-0.1, -0.05) is 13.8 Å². The van der Waals surface area contributed by atoms with Gasteiger partial charge in [-0.3, -0.25) is 14.7 Å². The second-order valence-electron chi connectivity index (χ2n) is 6.18. The first kappa shape index (κ1) is 14.1. The summed E-state index contributed by atoms with van der Waals surface area (Å²) in [6, 6.07) is 1.82. The SMILES string of the molecule is CCOC(=O)C1C2CN(C(=O)c3cc(C(C)C)[nH]n3)CC21. The molecule has 1 amide bonds. The van der Waals surface area contributed by atoms with Gasteiger partial charge in [0.05, 0.1) is 12.5 Å². The van der Waals surface area contributed by atoms with E-state index in [1.54, 1.807) is 4.90 Å². The minimum absolute atomic E-state index is 0.000547. The molecule has 2 atom stereocenters. The molecule has 0 aromatic carbocycles. The third-order valence-electron chi connectivity index (χ3n) is 4.48. The van der Waals surface area contributed by atoms with Crippen molar-refractivity contribution >= 4 is 11.9 Å². The lowest BCUT2D eigenvalue weighted by atomic mass is 10.1. The number of nitrogens with one attached hydrogen (secondary N) is 1. The molecule has 1 N–H and O–H groups in total. The first-order valence-corrected chi connectivity index (χ1v) is 7.54. The van der Waals surface area contributed by atoms with Crippen molar-refractivity contribution in [2.75, 3.05) is 19.7 Å². The van der Waals surface area contributed by atoms with Crippen molar-refractivity contribution in [3.05, 3.63) is 17.5 Å². The van der Waals surface area contributed by atoms with Crippen LogP contribution in [-0.2, 0) is 9.53 Å². The van der Waals surface area contributed by atoms with Gasteiger partial charge in [-0.25, -0.2) is 0 Å². The van der Waals surface area contributed by atoms with Gasteiger partial charge in [0.1, 0.15) is 5.69 Å². The second kappa shape index (κ2) is 5.16. The molecule has 6 nitrogen and oxygen atoms in total. The average molecular weight is 291 g/mol. The molecule has 0 spiro atoms. The number of fused-ring (bicyclic) bond motifs is 1. The molecule has 2 fully saturated rings. The topological polar surface area (TPSA) is 75.3 Å². The summed E-state index contributed by atoms with van der Waals surface area (Å²) in [5.41, 5.74) is 1.43. The molecule has 1 saturated carbocycles. The summed E-state index contributed by atoms with van der Waals surface area (Å²) in [5, 5.41) is 7.00. The highest BCUT2D eigenvalue weighted by molar-refractivity contribution is 5.93. The molecule has 1 aromatic rings. The molecule has 1 saturated heterocycles. The van der Waals surface area contributed by atoms with Crippen LogP contribution in [-0.4, -0.2) is 46.7 Å². The summed E-state index contributed by atoms with van der Waals surface area (Å²) in [5.74, 6) is 0.709. The Morgan fingerprint density at radius 1 is 1.43 bits per heavy atom. The molecule has 0 radical (unpaired) electrons. The summed E-state index contributed by atoms with van der Waals surface area (Å²) in [6.07, 6.45) is 0. The number of hydrogen-bond donors (Lipinski definition) is 1. The van der Waals surface area contributed by atoms with Gasteiger partial charge in [0.25, 0.3) is 5.91 Å². The first-order valence-electron chi connectivity index (χ1n) is 7.54. The standard InChI is InChI=1S/C15H21N3O3/c1-4-21-15(20)13-9-6-18(7-10(9)13)14(19)12-5-11(8(2)3)16-17-12/h5,8-10,13H,4,6-7H2,1-3H3,(H,16,17). The van der Waals surface area contributed by atoms with Crippen LogP contribution in [0.1, 0.15) is 42.9 Å². The van der Waals surface area contributed by atoms with Crippen molar-refractivity contribution in [1.29, 1.82) is 0 Å². The monoisotopic (exact) mass is 291 g/mol. The molecule has 1 aliphatic heterocycles. The van der Waals surface area contributed by atoms with E-state index in [1.807, 2.05) is 13.0 Å². The maximum atomic E-state index is 12.4. The van der Waals surface area contributed by atoms with Crippen LogP contribution in [0.4, 0.5) is 0 Å². The smallest absolute Gasteiger partial charge is 0.309 e. The van der Waals surface area contributed by atoms with Crippen LogP contribution < -0.4 is 0 Å². The Bertz CT molecular complexity index is 554. The van der Waals surface area contributed by atoms with E-state index < -0.39 is 0 Å². The lowest BCUT2D eigenvalue weighted by Crippen LogP contribution is -2.33. The van der Waals surface area contributed by atoms with Gasteiger partial charge in [-0.15, -0.1) is 0 Å². The molecular formula is C15H21N3O3. The van der Waals surface area contributed by atoms with Crippen LogP contribution in [0.25, 0.3) is 0 Å². The number of piperidine rings is 1. The number of aromatic amines is 1. The fraction of sp³-hybridized carbons (Fsp3) is 0.667. The van der Waals surface area contributed by atoms with E-state index in [4.69, 9.17) is 4.74 Å². The van der Waals surface area contributed by atoms with Crippen LogP contribution in [0.2, 0.25) is 0 Å². The highest BCUT2D eigenvalue weighted by atomic mass is 16.5. The quantitative estimate of drug-likeness (QED) is 0.851. The molecule has 114 valence electrons. The molecule has 0 bridgehead atoms. The number of H-pyrrole nitrogens is 1. The Kier molecular flexibility index (Phi) is 3.47. The van der Waals surface area contributed by atoms with Crippen LogP contribution in [0, 0.1) is 17.8 Å². The maximum absolute atomic E-state index is 12.4. The number of likely N-dealkylation sites (tertiary alicyclic amines) is 1. The fourth-order valence-corrected chi connectivity index (χ4v) is 3.18. The summed E-state index contributed by atoms with van der Waals surface area (Å²) in [4.78, 5) is 25.9. The van der Waals surface area contributed by atoms with Crippen LogP contribution in [0.3, 0.4) is 0 Å². The van der Waals surface area contributed by atoms with Crippen molar-refractivity contribution in [2.45, 2.75) is 26.7 Å². The summed E-state index contributed by atoms with van der Waals surface area (Å²) < 4.78 is 5.05. The van der Waals surface area contributed by atoms with Gasteiger partial charge in [-0.2, -0.15) is 5.10 Å². The van der Waals surface area contributed by atoms with Crippen molar-refractivity contribution in [3.8, 4) is 0 Å². The van der Waals surface area contributed by atoms with Gasteiger partial charge >= 0.3 is 5.97 Å². The van der Waals surface area contributed by atoms with E-state index in [1.165, 1.54) is 0 Å². The number of amides is 1. The maximum Gasteiger partial charge on any atom is 0.309 e. The van der Waals surface area contributed by atoms with Gasteiger partial charge in [0, 0.05) is 18.8 Å². The van der Waals surface area contributed by atoms with Crippen molar-refractivity contribution < 1.29 is 14.3 Å². The third-order valence-corrected chi connectivity index (χ3v) is 4.48. The van der Waals surface area contributed by atoms with Gasteiger partial charge < -0.3 is 9.64 Å². The highest BCUT2D eigenvalue weighted by Gasteiger charge is 2.61. The number of carbonyl (C=O) groups is 2. The second-order valence-corrected chi connectivity index (χ2v) is 6.18. The first-order chi connectivity index (χ1) is 10.0. The minimum atomic E-state index is -0.110. The fourth-order valence-electron chi connectivity index (χ4n) is 3.18. The van der Waals surface area contributed by atoms with E-state index in [0.717, 1.165) is 5.69 Å². The van der Waals surface area contributed by atoms with Gasteiger partial charge in [-0.05, 0) is 30.7 Å². The Labute approximate surface area is 123 Å². The number of esters is 1. The lowest BCUT2D eigenvalue weighted by Gasteiger charge is -2.18. The number of rotatable bonds is 4. The van der Waals surface area contributed by atoms with Crippen molar-refractivity contribution in [2.24, 2.45) is 17.8 Å². The lowest BCUT2D eigenvalue weighted by molar-refractivity contribution is -0.145. The average Bonchev–Trinajstić information content (AvgIpc) is 2.87. The molecule has 1 aromatic heterocycles. The van der Waals surface area contributed by atoms with E-state index in [-0.39, 0.29) is 29.6 Å². The summed E-state index contributed by atoms with van der Waals surface area (Å²) >= 11 is 0. The predicted molar refractivity (Wildman–Crippen MR) is 75.7 cm³/mol. The Morgan fingerprint density at radius 2 is 2.10 bits per heavy atom. The van der Waals surface area contributed by atoms with E-state index in [0.29, 0.717) is 31.3 Å². The zero-order valence-corrected chi connectivity index (χ0v) is 12.6. The molecule has 21 heavy (non-hydrogen) atoms. The predicted octanol–water partition coefficient (Wildman–Crippen LogP) is 1.41. The van der Waals surface area contributed by atoms with E-state index >= 15 is 0 Å². The van der Waals surface area contributed by atoms with E-state index in [9.17, 15) is 9.59 Å². The minimum Gasteiger partial charge on any atom is -0.466 e.